The van der Waals surface area contributed by atoms with Crippen LogP contribution < -0.4 is 5.32 Å². The van der Waals surface area contributed by atoms with Gasteiger partial charge in [0, 0.05) is 40.3 Å². The summed E-state index contributed by atoms with van der Waals surface area (Å²) in [5.74, 6) is -0.821. The molecule has 0 saturated carbocycles. The van der Waals surface area contributed by atoms with Crippen LogP contribution in [-0.4, -0.2) is 27.7 Å². The van der Waals surface area contributed by atoms with Crippen LogP contribution in [0.1, 0.15) is 21.5 Å². The van der Waals surface area contributed by atoms with E-state index in [1.165, 1.54) is 4.90 Å². The standard InChI is InChI=1S/C21H16N4O2/c1-13-15-6-2-3-8-17(15)21(27)25(13)19(20(26)24-12-22)10-14-11-23-18-9-5-4-7-16(14)18/h2-9,11,19,23H,1,10H2,(H,24,26)/t19-/m0/s1. The second kappa shape index (κ2) is 6.46. The lowest BCUT2D eigenvalue weighted by Gasteiger charge is -2.26. The SMILES string of the molecule is C=C1c2ccccc2C(=O)N1[C@@H](Cc1c[nH]c2ccccc12)C(=O)NC#N. The highest BCUT2D eigenvalue weighted by atomic mass is 16.2. The monoisotopic (exact) mass is 356 g/mol. The molecule has 0 saturated heterocycles. The molecule has 3 aromatic rings. The van der Waals surface area contributed by atoms with Crippen molar-refractivity contribution in [2.45, 2.75) is 12.5 Å². The third kappa shape index (κ3) is 2.66. The number of carbonyl (C=O) groups excluding carboxylic acids is 2. The molecule has 0 bridgehead atoms. The Balaban J connectivity index is 1.75. The minimum absolute atomic E-state index is 0.260. The molecule has 2 amide bonds. The van der Waals surface area contributed by atoms with Crippen LogP contribution in [0.4, 0.5) is 0 Å². The van der Waals surface area contributed by atoms with E-state index in [0.29, 0.717) is 16.8 Å². The molecule has 4 rings (SSSR count). The fourth-order valence-corrected chi connectivity index (χ4v) is 3.58. The number of H-pyrrole nitrogens is 1. The number of nitrogens with one attached hydrogen (secondary N) is 2. The summed E-state index contributed by atoms with van der Waals surface area (Å²) < 4.78 is 0. The summed E-state index contributed by atoms with van der Waals surface area (Å²) in [5, 5.41) is 12.1. The summed E-state index contributed by atoms with van der Waals surface area (Å²) in [7, 11) is 0. The van der Waals surface area contributed by atoms with E-state index >= 15 is 0 Å². The second-order valence-electron chi connectivity index (χ2n) is 6.35. The van der Waals surface area contributed by atoms with Gasteiger partial charge < -0.3 is 4.98 Å². The molecular weight excluding hydrogens is 340 g/mol. The Hall–Kier alpha value is -3.85. The normalized spacial score (nSPS) is 14.1. The van der Waals surface area contributed by atoms with Crippen molar-refractivity contribution in [3.05, 3.63) is 78.0 Å². The first kappa shape index (κ1) is 16.6. The van der Waals surface area contributed by atoms with Crippen molar-refractivity contribution in [3.63, 3.8) is 0 Å². The number of hydrogen-bond acceptors (Lipinski definition) is 3. The molecule has 1 aromatic heterocycles. The predicted molar refractivity (Wildman–Crippen MR) is 101 cm³/mol. The van der Waals surface area contributed by atoms with Crippen molar-refractivity contribution in [2.24, 2.45) is 0 Å². The average Bonchev–Trinajstić information content (AvgIpc) is 3.20. The maximum absolute atomic E-state index is 12.9. The van der Waals surface area contributed by atoms with Gasteiger partial charge in [0.2, 0.25) is 0 Å². The van der Waals surface area contributed by atoms with Gasteiger partial charge in [-0.3, -0.25) is 19.8 Å². The van der Waals surface area contributed by atoms with Gasteiger partial charge in [-0.1, -0.05) is 43.0 Å². The molecule has 0 aliphatic carbocycles. The highest BCUT2D eigenvalue weighted by molar-refractivity contribution is 6.11. The zero-order valence-electron chi connectivity index (χ0n) is 14.4. The molecule has 6 heteroatoms. The number of aromatic nitrogens is 1. The van der Waals surface area contributed by atoms with Crippen LogP contribution in [0.15, 0.2) is 61.3 Å². The summed E-state index contributed by atoms with van der Waals surface area (Å²) in [6, 6.07) is 14.0. The minimum Gasteiger partial charge on any atom is -0.361 e. The van der Waals surface area contributed by atoms with Crippen LogP contribution in [0.3, 0.4) is 0 Å². The van der Waals surface area contributed by atoms with Crippen molar-refractivity contribution in [1.29, 1.82) is 5.26 Å². The molecule has 0 fully saturated rings. The minimum atomic E-state index is -0.878. The summed E-state index contributed by atoms with van der Waals surface area (Å²) in [4.78, 5) is 30.2. The molecule has 1 atom stereocenters. The van der Waals surface area contributed by atoms with E-state index in [1.807, 2.05) is 36.5 Å². The van der Waals surface area contributed by atoms with Crippen molar-refractivity contribution >= 4 is 28.4 Å². The van der Waals surface area contributed by atoms with E-state index in [0.717, 1.165) is 16.5 Å². The van der Waals surface area contributed by atoms with E-state index in [4.69, 9.17) is 5.26 Å². The summed E-state index contributed by atoms with van der Waals surface area (Å²) in [6.07, 6.45) is 3.75. The van der Waals surface area contributed by atoms with Gasteiger partial charge in [0.05, 0.1) is 0 Å². The Morgan fingerprint density at radius 1 is 1.19 bits per heavy atom. The molecule has 6 nitrogen and oxygen atoms in total. The van der Waals surface area contributed by atoms with E-state index in [2.05, 4.69) is 16.9 Å². The number of benzene rings is 2. The molecule has 27 heavy (non-hydrogen) atoms. The van der Waals surface area contributed by atoms with Crippen LogP contribution in [-0.2, 0) is 11.2 Å². The molecule has 132 valence electrons. The topological polar surface area (TPSA) is 89.0 Å². The van der Waals surface area contributed by atoms with E-state index in [-0.39, 0.29) is 12.3 Å². The van der Waals surface area contributed by atoms with Gasteiger partial charge in [0.15, 0.2) is 6.19 Å². The third-order valence-corrected chi connectivity index (χ3v) is 4.86. The number of carbonyl (C=O) groups is 2. The molecular formula is C21H16N4O2. The lowest BCUT2D eigenvalue weighted by atomic mass is 10.0. The number of hydrogen-bond donors (Lipinski definition) is 2. The van der Waals surface area contributed by atoms with Crippen molar-refractivity contribution < 1.29 is 9.59 Å². The molecule has 1 aliphatic heterocycles. The maximum Gasteiger partial charge on any atom is 0.259 e. The van der Waals surface area contributed by atoms with Crippen LogP contribution in [0, 0.1) is 11.5 Å². The fourth-order valence-electron chi connectivity index (χ4n) is 3.58. The second-order valence-corrected chi connectivity index (χ2v) is 6.35. The Morgan fingerprint density at radius 2 is 1.89 bits per heavy atom. The molecule has 1 aliphatic rings. The van der Waals surface area contributed by atoms with E-state index < -0.39 is 11.9 Å². The van der Waals surface area contributed by atoms with Gasteiger partial charge in [-0.15, -0.1) is 0 Å². The Labute approximate surface area is 155 Å². The quantitative estimate of drug-likeness (QED) is 0.556. The van der Waals surface area contributed by atoms with Crippen LogP contribution in [0.2, 0.25) is 0 Å². The summed E-state index contributed by atoms with van der Waals surface area (Å²) in [5.41, 5.74) is 3.52. The zero-order chi connectivity index (χ0) is 19.0. The Bertz CT molecular complexity index is 1090. The number of aromatic amines is 1. The zero-order valence-corrected chi connectivity index (χ0v) is 14.4. The van der Waals surface area contributed by atoms with Gasteiger partial charge in [-0.25, -0.2) is 0 Å². The number of amides is 2. The Morgan fingerprint density at radius 3 is 2.63 bits per heavy atom. The van der Waals surface area contributed by atoms with Crippen LogP contribution in [0.25, 0.3) is 16.6 Å². The highest BCUT2D eigenvalue weighted by Gasteiger charge is 2.39. The van der Waals surface area contributed by atoms with Crippen LogP contribution in [0.5, 0.6) is 0 Å². The molecule has 0 spiro atoms. The van der Waals surface area contributed by atoms with Gasteiger partial charge >= 0.3 is 0 Å². The fraction of sp³-hybridized carbons (Fsp3) is 0.0952. The lowest BCUT2D eigenvalue weighted by Crippen LogP contribution is -2.46. The molecule has 2 N–H and O–H groups in total. The van der Waals surface area contributed by atoms with Crippen molar-refractivity contribution in [3.8, 4) is 6.19 Å². The number of nitriles is 1. The van der Waals surface area contributed by atoms with Crippen LogP contribution >= 0.6 is 0 Å². The Kier molecular flexibility index (Phi) is 3.98. The van der Waals surface area contributed by atoms with Gasteiger partial charge in [0.25, 0.3) is 11.8 Å². The first-order chi connectivity index (χ1) is 13.1. The van der Waals surface area contributed by atoms with E-state index in [1.54, 1.807) is 24.4 Å². The smallest absolute Gasteiger partial charge is 0.259 e. The third-order valence-electron chi connectivity index (χ3n) is 4.86. The number of para-hydroxylation sites is 1. The number of fused-ring (bicyclic) bond motifs is 2. The molecule has 2 heterocycles. The van der Waals surface area contributed by atoms with Crippen molar-refractivity contribution in [1.82, 2.24) is 15.2 Å². The molecule has 0 radical (unpaired) electrons. The summed E-state index contributed by atoms with van der Waals surface area (Å²) >= 11 is 0. The molecule has 0 unspecified atom stereocenters. The summed E-state index contributed by atoms with van der Waals surface area (Å²) in [6.45, 7) is 4.02. The average molecular weight is 356 g/mol. The number of rotatable bonds is 4. The highest BCUT2D eigenvalue weighted by Crippen LogP contribution is 2.34. The van der Waals surface area contributed by atoms with Gasteiger partial charge in [-0.05, 0) is 17.7 Å². The first-order valence-corrected chi connectivity index (χ1v) is 8.47. The largest absolute Gasteiger partial charge is 0.361 e. The number of nitrogens with zero attached hydrogens (tertiary/aromatic N) is 2. The van der Waals surface area contributed by atoms with E-state index in [9.17, 15) is 9.59 Å². The lowest BCUT2D eigenvalue weighted by molar-refractivity contribution is -0.123. The molecule has 2 aromatic carbocycles. The van der Waals surface area contributed by atoms with Crippen molar-refractivity contribution in [2.75, 3.05) is 0 Å². The van der Waals surface area contributed by atoms with Gasteiger partial charge in [-0.2, -0.15) is 5.26 Å². The predicted octanol–water partition coefficient (Wildman–Crippen LogP) is 2.80. The first-order valence-electron chi connectivity index (χ1n) is 8.47. The maximum atomic E-state index is 12.9. The van der Waals surface area contributed by atoms with Gasteiger partial charge in [0.1, 0.15) is 6.04 Å².